The number of benzene rings is 2. The largest absolute Gasteiger partial charge is 0.289 e. The number of nitrogens with zero attached hydrogens (tertiary/aromatic N) is 2. The first-order valence-corrected chi connectivity index (χ1v) is 9.03. The highest BCUT2D eigenvalue weighted by Gasteiger charge is 2.55. The van der Waals surface area contributed by atoms with E-state index in [0.717, 1.165) is 21.0 Å². The van der Waals surface area contributed by atoms with E-state index in [9.17, 15) is 18.5 Å². The highest BCUT2D eigenvalue weighted by atomic mass is 32.2. The van der Waals surface area contributed by atoms with Crippen LogP contribution in [-0.2, 0) is 10.0 Å². The van der Waals surface area contributed by atoms with E-state index in [0.29, 0.717) is 0 Å². The van der Waals surface area contributed by atoms with Crippen LogP contribution in [0.1, 0.15) is 22.6 Å². The lowest BCUT2D eigenvalue weighted by atomic mass is 9.89. The number of hydrogen-bond donors (Lipinski definition) is 0. The first kappa shape index (κ1) is 16.6. The van der Waals surface area contributed by atoms with Crippen molar-refractivity contribution in [3.8, 4) is 0 Å². The average molecular weight is 346 g/mol. The number of sulfonamides is 1. The van der Waals surface area contributed by atoms with Crippen molar-refractivity contribution in [2.24, 2.45) is 0 Å². The molecule has 1 aliphatic heterocycles. The maximum atomic E-state index is 12.7. The fraction of sp³-hybridized carbons (Fsp3) is 0.294. The van der Waals surface area contributed by atoms with E-state index in [2.05, 4.69) is 0 Å². The summed E-state index contributed by atoms with van der Waals surface area (Å²) in [6.45, 7) is 3.90. The van der Waals surface area contributed by atoms with Gasteiger partial charge in [-0.2, -0.15) is 0 Å². The number of rotatable bonds is 4. The minimum Gasteiger partial charge on any atom is -0.263 e. The lowest BCUT2D eigenvalue weighted by Crippen LogP contribution is -2.60. The van der Waals surface area contributed by atoms with E-state index in [1.165, 1.54) is 12.1 Å². The molecule has 0 N–H and O–H groups in total. The molecule has 0 radical (unpaired) electrons. The second-order valence-electron chi connectivity index (χ2n) is 6.10. The Morgan fingerprint density at radius 3 is 2.00 bits per heavy atom. The maximum absolute atomic E-state index is 12.7. The van der Waals surface area contributed by atoms with Crippen LogP contribution in [0.4, 0.5) is 0 Å². The molecule has 7 heteroatoms. The summed E-state index contributed by atoms with van der Waals surface area (Å²) in [5.74, 6) is -0.430. The van der Waals surface area contributed by atoms with Crippen molar-refractivity contribution in [2.45, 2.75) is 30.8 Å². The van der Waals surface area contributed by atoms with E-state index >= 15 is 0 Å². The topological polar surface area (TPSA) is 80.5 Å². The summed E-state index contributed by atoms with van der Waals surface area (Å²) in [6, 6.07) is 13.8. The van der Waals surface area contributed by atoms with Crippen molar-refractivity contribution >= 4 is 10.0 Å². The molecule has 0 bridgehead atoms. The third-order valence-corrected chi connectivity index (χ3v) is 6.23. The van der Waals surface area contributed by atoms with Crippen LogP contribution in [0.3, 0.4) is 0 Å². The third-order valence-electron chi connectivity index (χ3n) is 4.38. The van der Waals surface area contributed by atoms with Crippen LogP contribution in [0, 0.1) is 24.0 Å². The van der Waals surface area contributed by atoms with Crippen molar-refractivity contribution in [2.75, 3.05) is 6.54 Å². The second kappa shape index (κ2) is 5.99. The Morgan fingerprint density at radius 1 is 1.00 bits per heavy atom. The van der Waals surface area contributed by atoms with Crippen molar-refractivity contribution in [3.63, 3.8) is 0 Å². The lowest BCUT2D eigenvalue weighted by molar-refractivity contribution is -0.563. The number of nitro groups is 1. The zero-order chi connectivity index (χ0) is 17.5. The fourth-order valence-corrected chi connectivity index (χ4v) is 4.50. The van der Waals surface area contributed by atoms with Crippen LogP contribution in [-0.4, -0.2) is 30.4 Å². The third kappa shape index (κ3) is 2.81. The molecule has 1 saturated heterocycles. The average Bonchev–Trinajstić information content (AvgIpc) is 2.48. The van der Waals surface area contributed by atoms with Gasteiger partial charge in [0.15, 0.2) is 0 Å². The highest BCUT2D eigenvalue weighted by Crippen LogP contribution is 2.38. The first-order chi connectivity index (χ1) is 11.3. The molecular weight excluding hydrogens is 328 g/mol. The highest BCUT2D eigenvalue weighted by molar-refractivity contribution is 7.89. The van der Waals surface area contributed by atoms with Crippen molar-refractivity contribution in [3.05, 3.63) is 75.3 Å². The molecule has 0 spiro atoms. The zero-order valence-electron chi connectivity index (χ0n) is 13.4. The molecule has 3 rings (SSSR count). The van der Waals surface area contributed by atoms with Gasteiger partial charge in [-0.05, 0) is 31.5 Å². The lowest BCUT2D eigenvalue weighted by Gasteiger charge is -2.40. The number of hydrogen-bond acceptors (Lipinski definition) is 4. The van der Waals surface area contributed by atoms with Gasteiger partial charge in [0.05, 0.1) is 10.8 Å². The van der Waals surface area contributed by atoms with Crippen molar-refractivity contribution in [1.82, 2.24) is 4.31 Å². The van der Waals surface area contributed by atoms with E-state index in [1.54, 1.807) is 12.1 Å². The minimum absolute atomic E-state index is 0.0855. The predicted molar refractivity (Wildman–Crippen MR) is 89.8 cm³/mol. The van der Waals surface area contributed by atoms with Gasteiger partial charge in [0.25, 0.3) is 6.17 Å². The Bertz CT molecular complexity index is 860. The smallest absolute Gasteiger partial charge is 0.263 e. The van der Waals surface area contributed by atoms with Gasteiger partial charge in [-0.25, -0.2) is 8.42 Å². The van der Waals surface area contributed by atoms with E-state index in [1.807, 2.05) is 38.1 Å². The zero-order valence-corrected chi connectivity index (χ0v) is 14.2. The van der Waals surface area contributed by atoms with Gasteiger partial charge >= 0.3 is 0 Å². The molecule has 1 aliphatic rings. The van der Waals surface area contributed by atoms with Crippen LogP contribution in [0.5, 0.6) is 0 Å². The molecule has 126 valence electrons. The first-order valence-electron chi connectivity index (χ1n) is 7.59. The Hall–Kier alpha value is -2.25. The molecule has 1 fully saturated rings. The van der Waals surface area contributed by atoms with E-state index < -0.39 is 27.0 Å². The quantitative estimate of drug-likeness (QED) is 0.630. The predicted octanol–water partition coefficient (Wildman–Crippen LogP) is 2.69. The standard InChI is InChI=1S/C17H18N2O4S/c1-12-3-7-14(8-4-12)16-11-18(17(16)19(20)21)24(22,23)15-9-5-13(2)6-10-15/h3-10,16-17H,11H2,1-2H3/t16-,17-/m0/s1. The van der Waals surface area contributed by atoms with Gasteiger partial charge in [-0.3, -0.25) is 10.1 Å². The summed E-state index contributed by atoms with van der Waals surface area (Å²) in [5, 5.41) is 11.5. The molecule has 0 unspecified atom stereocenters. The molecule has 1 heterocycles. The van der Waals surface area contributed by atoms with E-state index in [4.69, 9.17) is 0 Å². The van der Waals surface area contributed by atoms with E-state index in [-0.39, 0.29) is 11.4 Å². The monoisotopic (exact) mass is 346 g/mol. The molecule has 0 aromatic heterocycles. The Balaban J connectivity index is 1.91. The maximum Gasteiger partial charge on any atom is 0.289 e. The summed E-state index contributed by atoms with van der Waals surface area (Å²) in [6.07, 6.45) is -1.26. The molecule has 6 nitrogen and oxygen atoms in total. The molecule has 24 heavy (non-hydrogen) atoms. The molecule has 2 aromatic rings. The van der Waals surface area contributed by atoms with Gasteiger partial charge in [-0.15, -0.1) is 4.31 Å². The Kier molecular flexibility index (Phi) is 4.15. The minimum atomic E-state index is -3.87. The van der Waals surface area contributed by atoms with Gasteiger partial charge in [0.2, 0.25) is 10.0 Å². The van der Waals surface area contributed by atoms with Crippen molar-refractivity contribution in [1.29, 1.82) is 0 Å². The molecular formula is C17H18N2O4S. The van der Waals surface area contributed by atoms with Crippen LogP contribution >= 0.6 is 0 Å². The summed E-state index contributed by atoms with van der Waals surface area (Å²) in [7, 11) is -3.87. The summed E-state index contributed by atoms with van der Waals surface area (Å²) < 4.78 is 26.4. The molecule has 0 amide bonds. The Labute approximate surface area is 140 Å². The van der Waals surface area contributed by atoms with Gasteiger partial charge in [0.1, 0.15) is 0 Å². The Morgan fingerprint density at radius 2 is 1.50 bits per heavy atom. The fourth-order valence-electron chi connectivity index (χ4n) is 2.89. The van der Waals surface area contributed by atoms with Gasteiger partial charge < -0.3 is 0 Å². The van der Waals surface area contributed by atoms with Crippen molar-refractivity contribution < 1.29 is 13.3 Å². The molecule has 0 aliphatic carbocycles. The molecule has 2 atom stereocenters. The summed E-state index contributed by atoms with van der Waals surface area (Å²) in [4.78, 5) is 11.0. The van der Waals surface area contributed by atoms with Crippen LogP contribution in [0.25, 0.3) is 0 Å². The second-order valence-corrected chi connectivity index (χ2v) is 7.99. The van der Waals surface area contributed by atoms with Crippen LogP contribution in [0.15, 0.2) is 53.4 Å². The molecule has 2 aromatic carbocycles. The van der Waals surface area contributed by atoms with Crippen LogP contribution < -0.4 is 0 Å². The van der Waals surface area contributed by atoms with Gasteiger partial charge in [-0.1, -0.05) is 47.5 Å². The summed E-state index contributed by atoms with van der Waals surface area (Å²) in [5.41, 5.74) is 2.78. The number of aryl methyl sites for hydroxylation is 2. The normalized spacial score (nSPS) is 21.2. The molecule has 0 saturated carbocycles. The van der Waals surface area contributed by atoms with Gasteiger partial charge in [0, 0.05) is 11.5 Å². The summed E-state index contributed by atoms with van der Waals surface area (Å²) >= 11 is 0. The SMILES string of the molecule is Cc1ccc([C@@H]2CN(S(=O)(=O)c3ccc(C)cc3)[C@H]2[N+](=O)[O-])cc1. The van der Waals surface area contributed by atoms with Crippen LogP contribution in [0.2, 0.25) is 0 Å².